The van der Waals surface area contributed by atoms with Gasteiger partial charge < -0.3 is 15.3 Å². The molecule has 0 radical (unpaired) electrons. The molecule has 1 atom stereocenters. The number of aromatic carboxylic acids is 1. The molecule has 28 heavy (non-hydrogen) atoms. The minimum absolute atomic E-state index is 0. The van der Waals surface area contributed by atoms with Gasteiger partial charge in [-0.15, -0.1) is 12.4 Å². The van der Waals surface area contributed by atoms with E-state index in [0.717, 1.165) is 19.3 Å². The van der Waals surface area contributed by atoms with Crippen LogP contribution < -0.4 is 5.73 Å². The van der Waals surface area contributed by atoms with Gasteiger partial charge in [-0.2, -0.15) is 0 Å². The molecular weight excluding hydrogens is 374 g/mol. The molecule has 0 saturated carbocycles. The summed E-state index contributed by atoms with van der Waals surface area (Å²) in [7, 11) is 0. The Morgan fingerprint density at radius 2 is 1.79 bits per heavy atom. The first-order valence-electron chi connectivity index (χ1n) is 9.07. The van der Waals surface area contributed by atoms with Gasteiger partial charge in [0.05, 0.1) is 11.8 Å². The van der Waals surface area contributed by atoms with Crippen LogP contribution in [-0.4, -0.2) is 17.1 Å². The van der Waals surface area contributed by atoms with E-state index < -0.39 is 5.97 Å². The predicted molar refractivity (Wildman–Crippen MR) is 114 cm³/mol. The normalized spacial score (nSPS) is 15.2. The summed E-state index contributed by atoms with van der Waals surface area (Å²) >= 11 is 0. The second-order valence-corrected chi connectivity index (χ2v) is 6.91. The molecule has 4 nitrogen and oxygen atoms in total. The van der Waals surface area contributed by atoms with Crippen LogP contribution in [0.5, 0.6) is 0 Å². The van der Waals surface area contributed by atoms with Crippen LogP contribution in [0.25, 0.3) is 21.5 Å². The van der Waals surface area contributed by atoms with Crippen molar-refractivity contribution in [2.45, 2.75) is 25.3 Å². The number of aryl methyl sites for hydroxylation is 1. The Balaban J connectivity index is 0.000000213. The molecule has 3 aromatic carbocycles. The number of rotatable bonds is 1. The second kappa shape index (κ2) is 8.46. The summed E-state index contributed by atoms with van der Waals surface area (Å²) < 4.78 is 4.49. The molecule has 5 heteroatoms. The van der Waals surface area contributed by atoms with Gasteiger partial charge in [0.15, 0.2) is 0 Å². The standard InChI is InChI=1S/C18H17N.C5H4O3.ClH/c19-14-8-5-13-7-9-16-15-4-2-1-3-12(15)6-10-17(16)18(13)11-14;6-5(7)4-1-2-8-3-4;/h1-4,6-7,9-10,14H,5,8,11,19H2;1-3H,(H,6,7);1H. The van der Waals surface area contributed by atoms with Crippen LogP contribution in [0.4, 0.5) is 0 Å². The topological polar surface area (TPSA) is 76.5 Å². The molecule has 1 aliphatic carbocycles. The summed E-state index contributed by atoms with van der Waals surface area (Å²) in [6.45, 7) is 0. The highest BCUT2D eigenvalue weighted by Crippen LogP contribution is 2.32. The number of halogens is 1. The maximum absolute atomic E-state index is 10.0. The number of fused-ring (bicyclic) bond motifs is 5. The Morgan fingerprint density at radius 1 is 1.00 bits per heavy atom. The Morgan fingerprint density at radius 3 is 2.50 bits per heavy atom. The summed E-state index contributed by atoms with van der Waals surface area (Å²) in [6, 6.07) is 19.4. The van der Waals surface area contributed by atoms with E-state index in [9.17, 15) is 4.79 Å². The van der Waals surface area contributed by atoms with Gasteiger partial charge in [-0.3, -0.25) is 0 Å². The average Bonchev–Trinajstić information content (AvgIpc) is 3.23. The molecule has 1 unspecified atom stereocenters. The summed E-state index contributed by atoms with van der Waals surface area (Å²) in [5.41, 5.74) is 9.30. The molecule has 0 bridgehead atoms. The van der Waals surface area contributed by atoms with Crippen molar-refractivity contribution < 1.29 is 14.3 Å². The fraction of sp³-hybridized carbons (Fsp3) is 0.174. The highest BCUT2D eigenvalue weighted by atomic mass is 35.5. The van der Waals surface area contributed by atoms with Crippen LogP contribution in [0.1, 0.15) is 27.9 Å². The SMILES string of the molecule is Cl.NC1CCc2ccc3c(ccc4ccccc43)c2C1.O=C(O)c1ccoc1. The Labute approximate surface area is 169 Å². The van der Waals surface area contributed by atoms with Crippen molar-refractivity contribution in [2.24, 2.45) is 5.73 Å². The minimum atomic E-state index is -0.959. The van der Waals surface area contributed by atoms with E-state index in [1.807, 2.05) is 0 Å². The lowest BCUT2D eigenvalue weighted by Gasteiger charge is -2.23. The fourth-order valence-corrected chi connectivity index (χ4v) is 3.76. The number of carboxylic acids is 1. The predicted octanol–water partition coefficient (Wildman–Crippen LogP) is 5.21. The van der Waals surface area contributed by atoms with E-state index >= 15 is 0 Å². The number of benzene rings is 3. The van der Waals surface area contributed by atoms with Crippen LogP contribution in [0.2, 0.25) is 0 Å². The van der Waals surface area contributed by atoms with Crippen LogP contribution in [0.15, 0.2) is 71.5 Å². The van der Waals surface area contributed by atoms with E-state index in [0.29, 0.717) is 6.04 Å². The Bertz CT molecular complexity index is 1110. The van der Waals surface area contributed by atoms with Crippen molar-refractivity contribution >= 4 is 39.9 Å². The maximum atomic E-state index is 10.0. The fourth-order valence-electron chi connectivity index (χ4n) is 3.76. The molecular formula is C23H22ClNO3. The molecule has 3 N–H and O–H groups in total. The Hall–Kier alpha value is -2.82. The van der Waals surface area contributed by atoms with Crippen molar-refractivity contribution in [3.63, 3.8) is 0 Å². The Kier molecular flexibility index (Phi) is 6.02. The number of nitrogens with two attached hydrogens (primary N) is 1. The molecule has 0 spiro atoms. The number of hydrogen-bond acceptors (Lipinski definition) is 3. The molecule has 144 valence electrons. The molecule has 5 rings (SSSR count). The molecule has 4 aromatic rings. The van der Waals surface area contributed by atoms with Crippen molar-refractivity contribution in [2.75, 3.05) is 0 Å². The highest BCUT2D eigenvalue weighted by Gasteiger charge is 2.18. The third kappa shape index (κ3) is 3.88. The van der Waals surface area contributed by atoms with Crippen molar-refractivity contribution in [1.82, 2.24) is 0 Å². The van der Waals surface area contributed by atoms with E-state index in [4.69, 9.17) is 10.8 Å². The third-order valence-corrected chi connectivity index (χ3v) is 5.15. The van der Waals surface area contributed by atoms with E-state index in [1.54, 1.807) is 0 Å². The second-order valence-electron chi connectivity index (χ2n) is 6.91. The van der Waals surface area contributed by atoms with Gasteiger partial charge in [-0.05, 0) is 58.0 Å². The lowest BCUT2D eigenvalue weighted by Crippen LogP contribution is -2.27. The third-order valence-electron chi connectivity index (χ3n) is 5.15. The minimum Gasteiger partial charge on any atom is -0.478 e. The lowest BCUT2D eigenvalue weighted by molar-refractivity contribution is 0.0696. The molecule has 0 amide bonds. The zero-order valence-corrected chi connectivity index (χ0v) is 16.1. The number of carboxylic acid groups (broad SMARTS) is 1. The molecule has 1 aliphatic rings. The van der Waals surface area contributed by atoms with Crippen LogP contribution >= 0.6 is 12.4 Å². The first kappa shape index (κ1) is 19.9. The van der Waals surface area contributed by atoms with Crippen LogP contribution in [-0.2, 0) is 12.8 Å². The zero-order chi connectivity index (χ0) is 18.8. The lowest BCUT2D eigenvalue weighted by atomic mass is 9.84. The van der Waals surface area contributed by atoms with Gasteiger partial charge >= 0.3 is 5.97 Å². The van der Waals surface area contributed by atoms with Crippen molar-refractivity contribution in [3.05, 3.63) is 83.8 Å². The van der Waals surface area contributed by atoms with Crippen LogP contribution in [0.3, 0.4) is 0 Å². The molecule has 0 saturated heterocycles. The average molecular weight is 396 g/mol. The molecule has 1 aromatic heterocycles. The van der Waals surface area contributed by atoms with E-state index in [-0.39, 0.29) is 18.0 Å². The summed E-state index contributed by atoms with van der Waals surface area (Å²) in [6.07, 6.45) is 5.77. The molecule has 0 fully saturated rings. The van der Waals surface area contributed by atoms with Gasteiger partial charge in [0.1, 0.15) is 6.26 Å². The summed E-state index contributed by atoms with van der Waals surface area (Å²) in [5.74, 6) is -0.959. The first-order chi connectivity index (χ1) is 13.1. The molecule has 1 heterocycles. The van der Waals surface area contributed by atoms with Gasteiger partial charge in [-0.1, -0.05) is 48.5 Å². The number of hydrogen-bond donors (Lipinski definition) is 2. The number of furan rings is 1. The van der Waals surface area contributed by atoms with E-state index in [2.05, 4.69) is 52.9 Å². The van der Waals surface area contributed by atoms with Crippen molar-refractivity contribution in [3.8, 4) is 0 Å². The zero-order valence-electron chi connectivity index (χ0n) is 15.3. The van der Waals surface area contributed by atoms with Crippen molar-refractivity contribution in [1.29, 1.82) is 0 Å². The van der Waals surface area contributed by atoms with E-state index in [1.165, 1.54) is 51.3 Å². The highest BCUT2D eigenvalue weighted by molar-refractivity contribution is 6.08. The van der Waals surface area contributed by atoms with Gasteiger partial charge in [0.25, 0.3) is 0 Å². The smallest absolute Gasteiger partial charge is 0.338 e. The van der Waals surface area contributed by atoms with Gasteiger partial charge in [-0.25, -0.2) is 4.79 Å². The number of carbonyl (C=O) groups is 1. The quantitative estimate of drug-likeness (QED) is 0.434. The van der Waals surface area contributed by atoms with Gasteiger partial charge in [0, 0.05) is 6.04 Å². The monoisotopic (exact) mass is 395 g/mol. The largest absolute Gasteiger partial charge is 0.478 e. The van der Waals surface area contributed by atoms with Gasteiger partial charge in [0.2, 0.25) is 0 Å². The first-order valence-corrected chi connectivity index (χ1v) is 9.07. The van der Waals surface area contributed by atoms with Crippen LogP contribution in [0, 0.1) is 0 Å². The summed E-state index contributed by atoms with van der Waals surface area (Å²) in [4.78, 5) is 10.0. The molecule has 0 aliphatic heterocycles. The summed E-state index contributed by atoms with van der Waals surface area (Å²) in [5, 5.41) is 13.6. The maximum Gasteiger partial charge on any atom is 0.338 e.